The lowest BCUT2D eigenvalue weighted by Crippen LogP contribution is -2.40. The second kappa shape index (κ2) is 11.0. The fourth-order valence-corrected chi connectivity index (χ4v) is 4.53. The highest BCUT2D eigenvalue weighted by atomic mass is 16.4. The summed E-state index contributed by atoms with van der Waals surface area (Å²) in [6, 6.07) is 0. The molecule has 0 spiro atoms. The molecule has 4 N–H and O–H groups in total. The van der Waals surface area contributed by atoms with Gasteiger partial charge in [0.1, 0.15) is 0 Å². The maximum Gasteiger partial charge on any atom is 0.303 e. The molecule has 2 saturated carbocycles. The van der Waals surface area contributed by atoms with Gasteiger partial charge < -0.3 is 20.4 Å². The number of aliphatic carboxylic acids is 1. The fourth-order valence-electron chi connectivity index (χ4n) is 4.53. The third-order valence-corrected chi connectivity index (χ3v) is 6.71. The van der Waals surface area contributed by atoms with Crippen LogP contribution in [0.4, 0.5) is 0 Å². The Hall–Kier alpha value is -1.61. The number of carboxylic acid groups (broad SMARTS) is 1. The summed E-state index contributed by atoms with van der Waals surface area (Å²) in [5, 5.41) is 40.3. The average molecular weight is 405 g/mol. The summed E-state index contributed by atoms with van der Waals surface area (Å²) in [6.45, 7) is 3.79. The topological polar surface area (TPSA) is 98.0 Å². The molecule has 2 fully saturated rings. The normalized spacial score (nSPS) is 30.7. The van der Waals surface area contributed by atoms with Crippen LogP contribution in [0.3, 0.4) is 0 Å². The molecule has 0 aromatic carbocycles. The summed E-state index contributed by atoms with van der Waals surface area (Å²) in [5.74, 6) is 5.07. The van der Waals surface area contributed by atoms with Gasteiger partial charge in [0.2, 0.25) is 0 Å². The lowest BCUT2D eigenvalue weighted by molar-refractivity contribution is -0.137. The van der Waals surface area contributed by atoms with Gasteiger partial charge in [0.25, 0.3) is 0 Å². The SMILES string of the molecule is CC#CCC1(C(O)C=C[C@@H]2[C@@H](CC=CC(C)CCC(=O)O)[C@@H](O)C[C@H]2O)CCC1. The molecule has 2 aliphatic rings. The zero-order valence-corrected chi connectivity index (χ0v) is 17.6. The van der Waals surface area contributed by atoms with E-state index in [0.29, 0.717) is 25.7 Å². The summed E-state index contributed by atoms with van der Waals surface area (Å²) >= 11 is 0. The molecule has 0 bridgehead atoms. The van der Waals surface area contributed by atoms with Crippen molar-refractivity contribution in [3.05, 3.63) is 24.3 Å². The molecule has 5 heteroatoms. The van der Waals surface area contributed by atoms with Gasteiger partial charge in [0.05, 0.1) is 18.3 Å². The Labute approximate surface area is 174 Å². The van der Waals surface area contributed by atoms with Gasteiger partial charge in [-0.3, -0.25) is 4.79 Å². The van der Waals surface area contributed by atoms with Gasteiger partial charge in [-0.2, -0.15) is 0 Å². The van der Waals surface area contributed by atoms with Crippen LogP contribution in [0, 0.1) is 35.0 Å². The van der Waals surface area contributed by atoms with Crippen molar-refractivity contribution < 1.29 is 25.2 Å². The highest BCUT2D eigenvalue weighted by Crippen LogP contribution is 2.47. The molecular weight excluding hydrogens is 368 g/mol. The molecule has 0 radical (unpaired) electrons. The molecular formula is C24H36O5. The van der Waals surface area contributed by atoms with Crippen molar-refractivity contribution >= 4 is 5.97 Å². The van der Waals surface area contributed by atoms with E-state index in [0.717, 1.165) is 19.3 Å². The Morgan fingerprint density at radius 1 is 1.24 bits per heavy atom. The van der Waals surface area contributed by atoms with Crippen molar-refractivity contribution in [3.63, 3.8) is 0 Å². The summed E-state index contributed by atoms with van der Waals surface area (Å²) in [4.78, 5) is 10.7. The zero-order valence-electron chi connectivity index (χ0n) is 17.6. The van der Waals surface area contributed by atoms with Crippen molar-refractivity contribution in [2.45, 2.75) is 83.5 Å². The lowest BCUT2D eigenvalue weighted by Gasteiger charge is -2.43. The van der Waals surface area contributed by atoms with Crippen molar-refractivity contribution in [2.24, 2.45) is 23.2 Å². The Morgan fingerprint density at radius 2 is 1.97 bits per heavy atom. The van der Waals surface area contributed by atoms with E-state index in [-0.39, 0.29) is 29.6 Å². The number of hydrogen-bond donors (Lipinski definition) is 4. The zero-order chi connectivity index (χ0) is 21.4. The highest BCUT2D eigenvalue weighted by molar-refractivity contribution is 5.66. The van der Waals surface area contributed by atoms with Crippen LogP contribution in [0.25, 0.3) is 0 Å². The molecule has 0 aromatic rings. The molecule has 0 aromatic heterocycles. The molecule has 2 aliphatic carbocycles. The predicted octanol–water partition coefficient (Wildman–Crippen LogP) is 3.29. The lowest BCUT2D eigenvalue weighted by atomic mass is 9.63. The highest BCUT2D eigenvalue weighted by Gasteiger charge is 2.43. The molecule has 29 heavy (non-hydrogen) atoms. The molecule has 0 amide bonds. The number of hydrogen-bond acceptors (Lipinski definition) is 4. The number of allylic oxidation sites excluding steroid dienone is 2. The average Bonchev–Trinajstić information content (AvgIpc) is 2.90. The first-order chi connectivity index (χ1) is 13.8. The first-order valence-corrected chi connectivity index (χ1v) is 10.8. The van der Waals surface area contributed by atoms with E-state index in [2.05, 4.69) is 11.8 Å². The van der Waals surface area contributed by atoms with Crippen LogP contribution in [0.2, 0.25) is 0 Å². The van der Waals surface area contributed by atoms with Gasteiger partial charge >= 0.3 is 5.97 Å². The van der Waals surface area contributed by atoms with E-state index < -0.39 is 24.3 Å². The number of carbonyl (C=O) groups is 1. The van der Waals surface area contributed by atoms with Crippen LogP contribution in [-0.4, -0.2) is 44.7 Å². The summed E-state index contributed by atoms with van der Waals surface area (Å²) in [6.07, 6.45) is 11.3. The quantitative estimate of drug-likeness (QED) is 0.331. The third kappa shape index (κ3) is 6.44. The van der Waals surface area contributed by atoms with E-state index in [1.165, 1.54) is 0 Å². The molecule has 0 aliphatic heterocycles. The molecule has 0 heterocycles. The number of carboxylic acids is 1. The van der Waals surface area contributed by atoms with Crippen molar-refractivity contribution in [1.29, 1.82) is 0 Å². The van der Waals surface area contributed by atoms with Crippen LogP contribution < -0.4 is 0 Å². The van der Waals surface area contributed by atoms with Gasteiger partial charge in [-0.25, -0.2) is 0 Å². The Balaban J connectivity index is 1.97. The van der Waals surface area contributed by atoms with Crippen LogP contribution in [0.5, 0.6) is 0 Å². The Kier molecular flexibility index (Phi) is 8.95. The molecule has 5 nitrogen and oxygen atoms in total. The maximum absolute atomic E-state index is 10.7. The van der Waals surface area contributed by atoms with E-state index in [4.69, 9.17) is 5.11 Å². The molecule has 2 rings (SSSR count). The smallest absolute Gasteiger partial charge is 0.303 e. The number of rotatable bonds is 10. The predicted molar refractivity (Wildman–Crippen MR) is 113 cm³/mol. The van der Waals surface area contributed by atoms with Gasteiger partial charge in [-0.1, -0.05) is 37.6 Å². The van der Waals surface area contributed by atoms with Crippen LogP contribution in [-0.2, 0) is 4.79 Å². The number of aliphatic hydroxyl groups is 3. The minimum Gasteiger partial charge on any atom is -0.481 e. The second-order valence-electron chi connectivity index (χ2n) is 8.83. The maximum atomic E-state index is 10.7. The molecule has 6 atom stereocenters. The van der Waals surface area contributed by atoms with Gasteiger partial charge in [-0.05, 0) is 44.4 Å². The minimum absolute atomic E-state index is 0.107. The molecule has 2 unspecified atom stereocenters. The van der Waals surface area contributed by atoms with Crippen molar-refractivity contribution in [2.75, 3.05) is 0 Å². The van der Waals surface area contributed by atoms with E-state index in [9.17, 15) is 20.1 Å². The summed E-state index contributed by atoms with van der Waals surface area (Å²) < 4.78 is 0. The standard InChI is InChI=1S/C24H36O5/c1-3-4-13-24(14-6-15-24)22(27)11-10-19-18(20(25)16-21(19)26)8-5-7-17(2)9-12-23(28)29/h5,7,10-11,17-22,25-27H,6,8-9,12-16H2,1-2H3,(H,28,29)/t17?,18-,19-,20+,21-,22?/m1/s1. The van der Waals surface area contributed by atoms with E-state index in [1.807, 2.05) is 32.1 Å². The first kappa shape index (κ1) is 23.7. The van der Waals surface area contributed by atoms with Crippen molar-refractivity contribution in [3.8, 4) is 11.8 Å². The first-order valence-electron chi connectivity index (χ1n) is 10.8. The van der Waals surface area contributed by atoms with Gasteiger partial charge in [-0.15, -0.1) is 11.8 Å². The second-order valence-corrected chi connectivity index (χ2v) is 8.83. The third-order valence-electron chi connectivity index (χ3n) is 6.71. The van der Waals surface area contributed by atoms with E-state index in [1.54, 1.807) is 6.08 Å². The number of aliphatic hydroxyl groups excluding tert-OH is 3. The summed E-state index contributed by atoms with van der Waals surface area (Å²) in [7, 11) is 0. The summed E-state index contributed by atoms with van der Waals surface area (Å²) in [5.41, 5.74) is -0.170. The molecule has 0 saturated heterocycles. The van der Waals surface area contributed by atoms with Gasteiger partial charge in [0, 0.05) is 30.6 Å². The van der Waals surface area contributed by atoms with Gasteiger partial charge in [0.15, 0.2) is 0 Å². The van der Waals surface area contributed by atoms with Crippen LogP contribution in [0.1, 0.15) is 65.2 Å². The van der Waals surface area contributed by atoms with Crippen molar-refractivity contribution in [1.82, 2.24) is 0 Å². The Bertz CT molecular complexity index is 652. The molecule has 162 valence electrons. The minimum atomic E-state index is -0.794. The van der Waals surface area contributed by atoms with Crippen LogP contribution >= 0.6 is 0 Å². The monoisotopic (exact) mass is 404 g/mol. The fraction of sp³-hybridized carbons (Fsp3) is 0.708. The largest absolute Gasteiger partial charge is 0.481 e. The van der Waals surface area contributed by atoms with E-state index >= 15 is 0 Å². The van der Waals surface area contributed by atoms with Crippen LogP contribution in [0.15, 0.2) is 24.3 Å². The Morgan fingerprint density at radius 3 is 2.55 bits per heavy atom.